The monoisotopic (exact) mass is 1190 g/mol. The number of likely N-dealkylation sites (tertiary alicyclic amines) is 1. The fraction of sp³-hybridized carbons (Fsp3) is 0.733. The molecule has 0 radical (unpaired) electrons. The van der Waals surface area contributed by atoms with E-state index < -0.39 is 125 Å². The molecule has 5 atom stereocenters. The predicted molar refractivity (Wildman–Crippen MR) is 313 cm³/mol. The van der Waals surface area contributed by atoms with Crippen LogP contribution >= 0.6 is 0 Å². The molecule has 3 rings (SSSR count). The van der Waals surface area contributed by atoms with Crippen molar-refractivity contribution in [3.8, 4) is 0 Å². The zero-order valence-electron chi connectivity index (χ0n) is 51.9. The molecule has 1 saturated heterocycles. The average Bonchev–Trinajstić information content (AvgIpc) is 4.08. The van der Waals surface area contributed by atoms with Crippen LogP contribution in [-0.2, 0) is 43.2 Å². The van der Waals surface area contributed by atoms with Gasteiger partial charge in [0.15, 0.2) is 0 Å². The normalized spacial score (nSPS) is 16.6. The van der Waals surface area contributed by atoms with Crippen molar-refractivity contribution in [2.45, 2.75) is 220 Å². The number of hydrogen-bond acceptors (Lipinski definition) is 11. The van der Waals surface area contributed by atoms with E-state index in [-0.39, 0.29) is 75.1 Å². The first-order valence-electron chi connectivity index (χ1n) is 29.9. The van der Waals surface area contributed by atoms with E-state index in [2.05, 4.69) is 47.9 Å². The van der Waals surface area contributed by atoms with Gasteiger partial charge < -0.3 is 52.8 Å². The SMILES string of the molecule is CC(C)CC(NC(=O)C(CCC1CCCCC1)NC(=O)[C@@H]1CCCN1C(=O)c1ccc(F)cc1)C(=O)NC(C)(C)C(=O)NC(CC(C)C)C(=O)NC(CC(C)C)C(=O)NC(C)(C)C(=O)NC(C)(C)C(=O)NCCC(=O)NCCN(C)CC(F)F. The standard InChI is InChI=1S/C60H98F3N11O10/c1-36(2)32-43(50(77)68-45(34-38(5)6)52(79)71-60(11,12)57(84)72-58(7,8)55(82)65-28-27-48(75)64-29-31-73(13)35-47(62)63)69-56(83)59(9,10)70-51(78)44(33-37(3)4)67-49(76)42(26-21-39-18-15-14-16-19-39)66-53(80)46-20-17-30-74(46)54(81)40-22-24-41(61)25-23-40/h22-25,36-39,42-47H,14-21,26-35H2,1-13H3,(H,64,75)(H,65,82)(H,66,80)(H,67,76)(H,68,77)(H,69,83)(H,70,78)(H,71,79)(H,72,84)/t42?,43?,44?,45?,46-/m0/s1. The second-order valence-electron chi connectivity index (χ2n) is 25.7. The minimum Gasteiger partial charge on any atom is -0.355 e. The van der Waals surface area contributed by atoms with E-state index in [1.165, 1.54) is 82.7 Å². The third-order valence-corrected chi connectivity index (χ3v) is 15.0. The van der Waals surface area contributed by atoms with Crippen molar-refractivity contribution >= 4 is 59.1 Å². The Morgan fingerprint density at radius 1 is 0.583 bits per heavy atom. The summed E-state index contributed by atoms with van der Waals surface area (Å²) in [5.74, 6) is -6.80. The number of carbonyl (C=O) groups is 10. The zero-order valence-corrected chi connectivity index (χ0v) is 51.9. The minimum absolute atomic E-state index is 0.0863. The molecule has 84 heavy (non-hydrogen) atoms. The fourth-order valence-electron chi connectivity index (χ4n) is 10.2. The first-order valence-corrected chi connectivity index (χ1v) is 29.9. The molecular formula is C60H98F3N11O10. The second kappa shape index (κ2) is 33.4. The molecule has 1 aromatic rings. The van der Waals surface area contributed by atoms with E-state index in [1.807, 2.05) is 41.5 Å². The Hall–Kier alpha value is -6.33. The minimum atomic E-state index is -2.51. The molecule has 9 N–H and O–H groups in total. The van der Waals surface area contributed by atoms with Gasteiger partial charge in [-0.3, -0.25) is 52.8 Å². The van der Waals surface area contributed by atoms with Gasteiger partial charge in [0.2, 0.25) is 53.2 Å². The molecule has 0 spiro atoms. The summed E-state index contributed by atoms with van der Waals surface area (Å²) in [7, 11) is 1.50. The smallest absolute Gasteiger partial charge is 0.254 e. The Morgan fingerprint density at radius 2 is 1.08 bits per heavy atom. The number of halogens is 3. The van der Waals surface area contributed by atoms with E-state index >= 15 is 0 Å². The largest absolute Gasteiger partial charge is 0.355 e. The van der Waals surface area contributed by atoms with E-state index in [4.69, 9.17) is 0 Å². The number of nitrogens with zero attached hydrogens (tertiary/aromatic N) is 2. The number of hydrogen-bond donors (Lipinski definition) is 9. The van der Waals surface area contributed by atoms with Crippen molar-refractivity contribution in [1.82, 2.24) is 57.7 Å². The van der Waals surface area contributed by atoms with Crippen LogP contribution in [0.1, 0.15) is 177 Å². The first-order chi connectivity index (χ1) is 39.1. The van der Waals surface area contributed by atoms with Crippen molar-refractivity contribution in [3.63, 3.8) is 0 Å². The van der Waals surface area contributed by atoms with Gasteiger partial charge in [-0.2, -0.15) is 0 Å². The molecule has 2 fully saturated rings. The molecule has 24 heteroatoms. The van der Waals surface area contributed by atoms with Gasteiger partial charge in [0.25, 0.3) is 12.3 Å². The third kappa shape index (κ3) is 24.3. The average molecular weight is 1190 g/mol. The van der Waals surface area contributed by atoms with Crippen LogP contribution in [0.15, 0.2) is 24.3 Å². The number of amides is 10. The molecule has 474 valence electrons. The van der Waals surface area contributed by atoms with Crippen LogP contribution in [-0.4, -0.2) is 162 Å². The molecule has 1 aliphatic heterocycles. The van der Waals surface area contributed by atoms with Gasteiger partial charge in [-0.1, -0.05) is 73.6 Å². The summed E-state index contributed by atoms with van der Waals surface area (Å²) in [5.41, 5.74) is -4.60. The third-order valence-electron chi connectivity index (χ3n) is 15.0. The van der Waals surface area contributed by atoms with E-state index in [1.54, 1.807) is 0 Å². The molecule has 0 aromatic heterocycles. The number of rotatable bonds is 33. The lowest BCUT2D eigenvalue weighted by atomic mass is 9.85. The zero-order chi connectivity index (χ0) is 63.3. The molecule has 1 saturated carbocycles. The molecule has 1 aromatic carbocycles. The molecule has 0 bridgehead atoms. The van der Waals surface area contributed by atoms with Gasteiger partial charge >= 0.3 is 0 Å². The number of likely N-dealkylation sites (N-methyl/N-ethyl adjacent to an activating group) is 1. The van der Waals surface area contributed by atoms with Crippen LogP contribution < -0.4 is 47.9 Å². The van der Waals surface area contributed by atoms with Crippen molar-refractivity contribution in [3.05, 3.63) is 35.6 Å². The quantitative estimate of drug-likeness (QED) is 0.0477. The molecular weight excluding hydrogens is 1090 g/mol. The Morgan fingerprint density at radius 3 is 1.61 bits per heavy atom. The highest BCUT2D eigenvalue weighted by Gasteiger charge is 2.42. The van der Waals surface area contributed by atoms with Gasteiger partial charge in [0, 0.05) is 38.2 Å². The summed E-state index contributed by atoms with van der Waals surface area (Å²) in [6.07, 6.45) is 4.82. The van der Waals surface area contributed by atoms with Crippen LogP contribution in [0.5, 0.6) is 0 Å². The Labute approximate surface area is 495 Å². The van der Waals surface area contributed by atoms with E-state index in [0.717, 1.165) is 32.1 Å². The summed E-state index contributed by atoms with van der Waals surface area (Å²) < 4.78 is 38.9. The van der Waals surface area contributed by atoms with Gasteiger partial charge in [0.1, 0.15) is 52.6 Å². The van der Waals surface area contributed by atoms with Crippen LogP contribution in [0.3, 0.4) is 0 Å². The van der Waals surface area contributed by atoms with Crippen molar-refractivity contribution in [2.75, 3.05) is 39.8 Å². The summed E-state index contributed by atoms with van der Waals surface area (Å²) in [4.78, 5) is 141. The lowest BCUT2D eigenvalue weighted by Gasteiger charge is -2.34. The highest BCUT2D eigenvalue weighted by Crippen LogP contribution is 2.28. The van der Waals surface area contributed by atoms with E-state index in [0.29, 0.717) is 31.7 Å². The van der Waals surface area contributed by atoms with Crippen molar-refractivity contribution in [2.24, 2.45) is 23.7 Å². The summed E-state index contributed by atoms with van der Waals surface area (Å²) in [6, 6.07) is -0.445. The fourth-order valence-corrected chi connectivity index (χ4v) is 10.2. The molecule has 21 nitrogen and oxygen atoms in total. The predicted octanol–water partition coefficient (Wildman–Crippen LogP) is 4.37. The number of alkyl halides is 2. The van der Waals surface area contributed by atoms with Crippen LogP contribution in [0, 0.1) is 29.5 Å². The van der Waals surface area contributed by atoms with Crippen LogP contribution in [0.25, 0.3) is 0 Å². The molecule has 4 unspecified atom stereocenters. The lowest BCUT2D eigenvalue weighted by molar-refractivity contribution is -0.139. The van der Waals surface area contributed by atoms with Crippen LogP contribution in [0.4, 0.5) is 13.2 Å². The molecule has 1 aliphatic carbocycles. The maximum Gasteiger partial charge on any atom is 0.254 e. The van der Waals surface area contributed by atoms with E-state index in [9.17, 15) is 61.1 Å². The van der Waals surface area contributed by atoms with Gasteiger partial charge in [0.05, 0.1) is 6.54 Å². The van der Waals surface area contributed by atoms with Gasteiger partial charge in [-0.05, 0) is 141 Å². The summed E-state index contributed by atoms with van der Waals surface area (Å²) in [5, 5.41) is 24.6. The molecule has 2 aliphatic rings. The Balaban J connectivity index is 1.71. The van der Waals surface area contributed by atoms with Gasteiger partial charge in [-0.25, -0.2) is 13.2 Å². The first kappa shape index (κ1) is 71.9. The molecule has 1 heterocycles. The van der Waals surface area contributed by atoms with Gasteiger partial charge in [-0.15, -0.1) is 0 Å². The lowest BCUT2D eigenvalue weighted by Crippen LogP contribution is -2.65. The Bertz CT molecular complexity index is 2400. The highest BCUT2D eigenvalue weighted by molar-refractivity contribution is 6.01. The Kier molecular flexibility index (Phi) is 28.6. The topological polar surface area (TPSA) is 285 Å². The number of nitrogens with one attached hydrogen (secondary N) is 9. The van der Waals surface area contributed by atoms with Crippen molar-refractivity contribution in [1.29, 1.82) is 0 Å². The van der Waals surface area contributed by atoms with Crippen LogP contribution in [0.2, 0.25) is 0 Å². The maximum atomic E-state index is 14.4. The summed E-state index contributed by atoms with van der Waals surface area (Å²) >= 11 is 0. The summed E-state index contributed by atoms with van der Waals surface area (Å²) in [6.45, 7) is 19.8. The number of carbonyl (C=O) groups excluding carboxylic acids is 10. The maximum absolute atomic E-state index is 14.4. The van der Waals surface area contributed by atoms with Crippen molar-refractivity contribution < 1.29 is 61.1 Å². The number of benzene rings is 1. The second-order valence-corrected chi connectivity index (χ2v) is 25.7. The highest BCUT2D eigenvalue weighted by atomic mass is 19.3. The molecule has 10 amide bonds.